The van der Waals surface area contributed by atoms with E-state index >= 15 is 0 Å². The number of nitrogens with zero attached hydrogens (tertiary/aromatic N) is 2. The lowest BCUT2D eigenvalue weighted by Crippen LogP contribution is -2.37. The zero-order valence-corrected chi connectivity index (χ0v) is 11.7. The highest BCUT2D eigenvalue weighted by Gasteiger charge is 2.23. The summed E-state index contributed by atoms with van der Waals surface area (Å²) < 4.78 is 4.61. The SMILES string of the molecule is CC(C)CN(CC(C)C)C(=O)c1cc(C(=O)O)on1. The third-order valence-electron chi connectivity index (χ3n) is 2.40. The first-order valence-electron chi connectivity index (χ1n) is 6.30. The molecule has 0 aliphatic rings. The fourth-order valence-electron chi connectivity index (χ4n) is 1.76. The topological polar surface area (TPSA) is 83.6 Å². The average Bonchev–Trinajstić information content (AvgIpc) is 2.75. The summed E-state index contributed by atoms with van der Waals surface area (Å²) >= 11 is 0. The van der Waals surface area contributed by atoms with E-state index < -0.39 is 5.97 Å². The van der Waals surface area contributed by atoms with Crippen LogP contribution in [0.15, 0.2) is 10.6 Å². The Bertz CT molecular complexity index is 441. The zero-order valence-electron chi connectivity index (χ0n) is 11.7. The average molecular weight is 268 g/mol. The summed E-state index contributed by atoms with van der Waals surface area (Å²) in [4.78, 5) is 24.6. The van der Waals surface area contributed by atoms with Crippen molar-refractivity contribution >= 4 is 11.9 Å². The molecule has 1 aromatic rings. The summed E-state index contributed by atoms with van der Waals surface area (Å²) in [6.07, 6.45) is 0. The van der Waals surface area contributed by atoms with Crippen molar-refractivity contribution in [2.75, 3.05) is 13.1 Å². The minimum absolute atomic E-state index is 0.0405. The minimum atomic E-state index is -1.23. The van der Waals surface area contributed by atoms with Crippen molar-refractivity contribution in [3.05, 3.63) is 17.5 Å². The first-order chi connectivity index (χ1) is 8.81. The van der Waals surface area contributed by atoms with Gasteiger partial charge in [-0.15, -0.1) is 0 Å². The first-order valence-corrected chi connectivity index (χ1v) is 6.30. The van der Waals surface area contributed by atoms with Gasteiger partial charge in [0.15, 0.2) is 5.69 Å². The Balaban J connectivity index is 2.87. The van der Waals surface area contributed by atoms with Crippen LogP contribution in [0.3, 0.4) is 0 Å². The summed E-state index contributed by atoms with van der Waals surface area (Å²) in [5.74, 6) is -1.19. The van der Waals surface area contributed by atoms with Crippen molar-refractivity contribution < 1.29 is 19.2 Å². The molecule has 0 aliphatic carbocycles. The number of hydrogen-bond donors (Lipinski definition) is 1. The van der Waals surface area contributed by atoms with Gasteiger partial charge >= 0.3 is 5.97 Å². The number of rotatable bonds is 6. The number of carboxylic acid groups (broad SMARTS) is 1. The molecule has 0 saturated heterocycles. The van der Waals surface area contributed by atoms with E-state index in [4.69, 9.17) is 5.11 Å². The van der Waals surface area contributed by atoms with Crippen LogP contribution in [0, 0.1) is 11.8 Å². The Morgan fingerprint density at radius 2 is 1.79 bits per heavy atom. The molecule has 0 saturated carbocycles. The van der Waals surface area contributed by atoms with E-state index in [1.54, 1.807) is 4.90 Å². The molecule has 19 heavy (non-hydrogen) atoms. The van der Waals surface area contributed by atoms with Gasteiger partial charge in [-0.1, -0.05) is 32.9 Å². The molecule has 0 bridgehead atoms. The lowest BCUT2D eigenvalue weighted by molar-refractivity contribution is 0.0646. The molecule has 0 spiro atoms. The van der Waals surface area contributed by atoms with Gasteiger partial charge in [0.05, 0.1) is 0 Å². The van der Waals surface area contributed by atoms with E-state index in [0.29, 0.717) is 24.9 Å². The van der Waals surface area contributed by atoms with Gasteiger partial charge in [-0.25, -0.2) is 4.79 Å². The van der Waals surface area contributed by atoms with Crippen molar-refractivity contribution in [2.45, 2.75) is 27.7 Å². The Morgan fingerprint density at radius 1 is 1.26 bits per heavy atom. The molecule has 6 heteroatoms. The molecule has 106 valence electrons. The predicted molar refractivity (Wildman–Crippen MR) is 69.0 cm³/mol. The maximum Gasteiger partial charge on any atom is 0.374 e. The zero-order chi connectivity index (χ0) is 14.6. The standard InChI is InChI=1S/C13H20N2O4/c1-8(2)6-15(7-9(3)4)12(16)10-5-11(13(17)18)19-14-10/h5,8-9H,6-7H2,1-4H3,(H,17,18). The van der Waals surface area contributed by atoms with Gasteiger partial charge in [-0.05, 0) is 11.8 Å². The van der Waals surface area contributed by atoms with Crippen LogP contribution in [0.5, 0.6) is 0 Å². The first kappa shape index (κ1) is 15.2. The van der Waals surface area contributed by atoms with E-state index in [-0.39, 0.29) is 17.4 Å². The molecule has 1 amide bonds. The second-order valence-corrected chi connectivity index (χ2v) is 5.38. The molecule has 0 fully saturated rings. The van der Waals surface area contributed by atoms with Gasteiger partial charge in [0.1, 0.15) is 0 Å². The quantitative estimate of drug-likeness (QED) is 0.854. The number of hydrogen-bond acceptors (Lipinski definition) is 4. The molecular formula is C13H20N2O4. The number of amides is 1. The normalized spacial score (nSPS) is 11.1. The number of carboxylic acids is 1. The van der Waals surface area contributed by atoms with Crippen molar-refractivity contribution in [3.63, 3.8) is 0 Å². The van der Waals surface area contributed by atoms with Crippen molar-refractivity contribution in [3.8, 4) is 0 Å². The molecule has 1 rings (SSSR count). The van der Waals surface area contributed by atoms with Crippen LogP contribution < -0.4 is 0 Å². The highest BCUT2D eigenvalue weighted by molar-refractivity contribution is 5.94. The van der Waals surface area contributed by atoms with Gasteiger partial charge in [-0.3, -0.25) is 4.79 Å². The second kappa shape index (κ2) is 6.36. The van der Waals surface area contributed by atoms with Gasteiger partial charge in [0.2, 0.25) is 5.76 Å². The van der Waals surface area contributed by atoms with Crippen LogP contribution in [0.2, 0.25) is 0 Å². The largest absolute Gasteiger partial charge is 0.475 e. The number of carbonyl (C=O) groups excluding carboxylic acids is 1. The third-order valence-corrected chi connectivity index (χ3v) is 2.40. The second-order valence-electron chi connectivity index (χ2n) is 5.38. The van der Waals surface area contributed by atoms with E-state index in [1.807, 2.05) is 27.7 Å². The summed E-state index contributed by atoms with van der Waals surface area (Å²) in [5.41, 5.74) is 0.0405. The number of aromatic nitrogens is 1. The van der Waals surface area contributed by atoms with Crippen LogP contribution in [-0.2, 0) is 0 Å². The molecule has 1 aromatic heterocycles. The van der Waals surface area contributed by atoms with E-state index in [1.165, 1.54) is 6.07 Å². The van der Waals surface area contributed by atoms with Crippen molar-refractivity contribution in [1.82, 2.24) is 10.1 Å². The highest BCUT2D eigenvalue weighted by atomic mass is 16.5. The van der Waals surface area contributed by atoms with E-state index in [9.17, 15) is 9.59 Å². The van der Waals surface area contributed by atoms with Crippen LogP contribution in [0.25, 0.3) is 0 Å². The van der Waals surface area contributed by atoms with E-state index in [2.05, 4.69) is 9.68 Å². The van der Waals surface area contributed by atoms with Crippen LogP contribution in [-0.4, -0.2) is 40.1 Å². The molecule has 1 N–H and O–H groups in total. The van der Waals surface area contributed by atoms with Crippen molar-refractivity contribution in [2.24, 2.45) is 11.8 Å². The Hall–Kier alpha value is -1.85. The molecule has 0 atom stereocenters. The molecule has 1 heterocycles. The van der Waals surface area contributed by atoms with Crippen molar-refractivity contribution in [1.29, 1.82) is 0 Å². The molecular weight excluding hydrogens is 248 g/mol. The van der Waals surface area contributed by atoms with Crippen LogP contribution >= 0.6 is 0 Å². The maximum absolute atomic E-state index is 12.3. The van der Waals surface area contributed by atoms with Gasteiger partial charge in [-0.2, -0.15) is 0 Å². The third kappa shape index (κ3) is 4.39. The lowest BCUT2D eigenvalue weighted by Gasteiger charge is -2.25. The summed E-state index contributed by atoms with van der Waals surface area (Å²) in [6.45, 7) is 9.29. The van der Waals surface area contributed by atoms with Gasteiger partial charge < -0.3 is 14.5 Å². The Kier molecular flexibility index (Phi) is 5.09. The fourth-order valence-corrected chi connectivity index (χ4v) is 1.76. The molecule has 6 nitrogen and oxygen atoms in total. The minimum Gasteiger partial charge on any atom is -0.475 e. The van der Waals surface area contributed by atoms with Gasteiger partial charge in [0.25, 0.3) is 5.91 Å². The van der Waals surface area contributed by atoms with E-state index in [0.717, 1.165) is 0 Å². The summed E-state index contributed by atoms with van der Waals surface area (Å²) in [7, 11) is 0. The lowest BCUT2D eigenvalue weighted by atomic mass is 10.1. The Morgan fingerprint density at radius 3 is 2.16 bits per heavy atom. The molecule has 0 unspecified atom stereocenters. The monoisotopic (exact) mass is 268 g/mol. The smallest absolute Gasteiger partial charge is 0.374 e. The van der Waals surface area contributed by atoms with Crippen LogP contribution in [0.1, 0.15) is 48.7 Å². The molecule has 0 aromatic carbocycles. The number of carbonyl (C=O) groups is 2. The summed E-state index contributed by atoms with van der Waals surface area (Å²) in [5, 5.41) is 12.3. The van der Waals surface area contributed by atoms with Crippen LogP contribution in [0.4, 0.5) is 0 Å². The summed E-state index contributed by atoms with van der Waals surface area (Å²) in [6, 6.07) is 1.16. The predicted octanol–water partition coefficient (Wildman–Crippen LogP) is 2.13. The molecule has 0 radical (unpaired) electrons. The van der Waals surface area contributed by atoms with Gasteiger partial charge in [0, 0.05) is 19.2 Å². The maximum atomic E-state index is 12.3. The Labute approximate surface area is 112 Å². The highest BCUT2D eigenvalue weighted by Crippen LogP contribution is 2.11. The number of aromatic carboxylic acids is 1. The molecule has 0 aliphatic heterocycles. The fraction of sp³-hybridized carbons (Fsp3) is 0.615.